The molecule has 7 heteroatoms. The number of rotatable bonds is 9. The van der Waals surface area contributed by atoms with Crippen LogP contribution in [-0.4, -0.2) is 39.4 Å². The van der Waals surface area contributed by atoms with Crippen molar-refractivity contribution in [3.8, 4) is 5.75 Å². The number of halogens is 2. The highest BCUT2D eigenvalue weighted by Crippen LogP contribution is 2.17. The summed E-state index contributed by atoms with van der Waals surface area (Å²) in [5, 5.41) is 6.44. The second-order valence-electron chi connectivity index (χ2n) is 5.85. The lowest BCUT2D eigenvalue weighted by molar-refractivity contribution is 0.0258. The molecule has 0 aliphatic rings. The molecule has 0 amide bonds. The maximum atomic E-state index is 13.7. The van der Waals surface area contributed by atoms with Gasteiger partial charge in [0.05, 0.1) is 13.2 Å². The Hall–Kier alpha value is -1.09. The summed E-state index contributed by atoms with van der Waals surface area (Å²) in [6.45, 7) is 8.30. The highest BCUT2D eigenvalue weighted by atomic mass is 127. The minimum Gasteiger partial charge on any atom is -0.494 e. The van der Waals surface area contributed by atoms with Crippen LogP contribution < -0.4 is 15.4 Å². The molecule has 0 bridgehead atoms. The van der Waals surface area contributed by atoms with Crippen molar-refractivity contribution in [2.24, 2.45) is 10.9 Å². The van der Waals surface area contributed by atoms with E-state index in [4.69, 9.17) is 9.47 Å². The molecule has 144 valence electrons. The predicted octanol–water partition coefficient (Wildman–Crippen LogP) is 3.57. The molecule has 0 aliphatic heterocycles. The molecule has 1 aromatic rings. The monoisotopic (exact) mass is 467 g/mol. The minimum atomic E-state index is -0.365. The highest BCUT2D eigenvalue weighted by molar-refractivity contribution is 14.0. The van der Waals surface area contributed by atoms with Crippen LogP contribution in [0.15, 0.2) is 23.2 Å². The number of methoxy groups -OCH3 is 1. The van der Waals surface area contributed by atoms with Gasteiger partial charge in [0.15, 0.2) is 17.5 Å². The zero-order valence-corrected chi connectivity index (χ0v) is 18.1. The maximum absolute atomic E-state index is 13.7. The molecule has 0 fully saturated rings. The third-order valence-electron chi connectivity index (χ3n) is 3.75. The predicted molar refractivity (Wildman–Crippen MR) is 111 cm³/mol. The van der Waals surface area contributed by atoms with E-state index in [0.29, 0.717) is 18.4 Å². The SMILES string of the molecule is CCOC(CCNC(=NC)NCc1ccc(OC)c(F)c1)C(C)C.I. The fourth-order valence-electron chi connectivity index (χ4n) is 2.38. The largest absolute Gasteiger partial charge is 0.494 e. The molecule has 0 heterocycles. The van der Waals surface area contributed by atoms with E-state index in [-0.39, 0.29) is 41.6 Å². The summed E-state index contributed by atoms with van der Waals surface area (Å²) < 4.78 is 24.3. The first kappa shape index (κ1) is 23.9. The van der Waals surface area contributed by atoms with Gasteiger partial charge >= 0.3 is 0 Å². The van der Waals surface area contributed by atoms with Crippen molar-refractivity contribution in [3.05, 3.63) is 29.6 Å². The lowest BCUT2D eigenvalue weighted by Gasteiger charge is -2.21. The number of hydrogen-bond acceptors (Lipinski definition) is 3. The van der Waals surface area contributed by atoms with E-state index in [1.807, 2.05) is 13.0 Å². The van der Waals surface area contributed by atoms with Gasteiger partial charge in [0.1, 0.15) is 0 Å². The number of aliphatic imine (C=N–C) groups is 1. The average molecular weight is 467 g/mol. The summed E-state index contributed by atoms with van der Waals surface area (Å²) in [7, 11) is 3.17. The van der Waals surface area contributed by atoms with Crippen molar-refractivity contribution in [3.63, 3.8) is 0 Å². The van der Waals surface area contributed by atoms with Crippen molar-refractivity contribution < 1.29 is 13.9 Å². The molecule has 2 N–H and O–H groups in total. The van der Waals surface area contributed by atoms with Crippen molar-refractivity contribution in [2.75, 3.05) is 27.3 Å². The van der Waals surface area contributed by atoms with Crippen molar-refractivity contribution in [1.29, 1.82) is 0 Å². The highest BCUT2D eigenvalue weighted by Gasteiger charge is 2.13. The Balaban J connectivity index is 0.00000576. The molecule has 0 saturated carbocycles. The van der Waals surface area contributed by atoms with E-state index >= 15 is 0 Å². The van der Waals surface area contributed by atoms with Crippen molar-refractivity contribution in [1.82, 2.24) is 10.6 Å². The molecular weight excluding hydrogens is 436 g/mol. The molecule has 1 rings (SSSR count). The zero-order chi connectivity index (χ0) is 17.9. The van der Waals surface area contributed by atoms with Crippen LogP contribution in [0.2, 0.25) is 0 Å². The fraction of sp³-hybridized carbons (Fsp3) is 0.611. The Labute approximate surface area is 167 Å². The van der Waals surface area contributed by atoms with E-state index in [1.54, 1.807) is 13.1 Å². The molecule has 0 saturated heterocycles. The molecule has 0 aromatic heterocycles. The summed E-state index contributed by atoms with van der Waals surface area (Å²) >= 11 is 0. The number of benzene rings is 1. The number of nitrogens with zero attached hydrogens (tertiary/aromatic N) is 1. The molecule has 1 atom stereocenters. The van der Waals surface area contributed by atoms with Gasteiger partial charge in [-0.25, -0.2) is 4.39 Å². The van der Waals surface area contributed by atoms with Crippen LogP contribution in [0.5, 0.6) is 5.75 Å². The molecule has 0 radical (unpaired) electrons. The van der Waals surface area contributed by atoms with Gasteiger partial charge in [-0.15, -0.1) is 24.0 Å². The standard InChI is InChI=1S/C18H30FN3O2.HI/c1-6-24-16(13(2)3)9-10-21-18(20-4)22-12-14-7-8-17(23-5)15(19)11-14;/h7-8,11,13,16H,6,9-10,12H2,1-5H3,(H2,20,21,22);1H. The lowest BCUT2D eigenvalue weighted by atomic mass is 10.0. The van der Waals surface area contributed by atoms with Crippen molar-refractivity contribution >= 4 is 29.9 Å². The third kappa shape index (κ3) is 8.71. The van der Waals surface area contributed by atoms with Crippen LogP contribution in [0.1, 0.15) is 32.8 Å². The van der Waals surface area contributed by atoms with Crippen LogP contribution >= 0.6 is 24.0 Å². The van der Waals surface area contributed by atoms with E-state index in [1.165, 1.54) is 13.2 Å². The number of guanidine groups is 1. The topological polar surface area (TPSA) is 54.9 Å². The summed E-state index contributed by atoms with van der Waals surface area (Å²) in [4.78, 5) is 4.18. The maximum Gasteiger partial charge on any atom is 0.191 e. The van der Waals surface area contributed by atoms with Crippen molar-refractivity contribution in [2.45, 2.75) is 39.8 Å². The normalized spacial score (nSPS) is 12.5. The quantitative estimate of drug-likeness (QED) is 0.331. The Kier molecular flexibility index (Phi) is 12.6. The van der Waals surface area contributed by atoms with Crippen LogP contribution in [-0.2, 0) is 11.3 Å². The van der Waals surface area contributed by atoms with Gasteiger partial charge in [-0.3, -0.25) is 4.99 Å². The third-order valence-corrected chi connectivity index (χ3v) is 3.75. The summed E-state index contributed by atoms with van der Waals surface area (Å²) in [5.41, 5.74) is 0.825. The van der Waals surface area contributed by atoms with Crippen LogP contribution in [0.4, 0.5) is 4.39 Å². The average Bonchev–Trinajstić information content (AvgIpc) is 2.56. The van der Waals surface area contributed by atoms with E-state index in [0.717, 1.165) is 25.1 Å². The first-order chi connectivity index (χ1) is 11.5. The Bertz CT molecular complexity index is 527. The molecule has 25 heavy (non-hydrogen) atoms. The lowest BCUT2D eigenvalue weighted by Crippen LogP contribution is -2.38. The smallest absolute Gasteiger partial charge is 0.191 e. The van der Waals surface area contributed by atoms with Gasteiger partial charge in [-0.05, 0) is 37.0 Å². The molecular formula is C18H31FIN3O2. The Morgan fingerprint density at radius 1 is 1.28 bits per heavy atom. The van der Waals surface area contributed by atoms with E-state index in [9.17, 15) is 4.39 Å². The number of hydrogen-bond donors (Lipinski definition) is 2. The Morgan fingerprint density at radius 2 is 2.00 bits per heavy atom. The zero-order valence-electron chi connectivity index (χ0n) is 15.8. The van der Waals surface area contributed by atoms with Crippen LogP contribution in [0.25, 0.3) is 0 Å². The van der Waals surface area contributed by atoms with E-state index < -0.39 is 0 Å². The summed E-state index contributed by atoms with van der Waals surface area (Å²) in [5.74, 6) is 1.04. The van der Waals surface area contributed by atoms with Gasteiger partial charge < -0.3 is 20.1 Å². The Morgan fingerprint density at radius 3 is 2.52 bits per heavy atom. The summed E-state index contributed by atoms with van der Waals surface area (Å²) in [6.07, 6.45) is 1.14. The second kappa shape index (κ2) is 13.2. The van der Waals surface area contributed by atoms with E-state index in [2.05, 4.69) is 29.5 Å². The first-order valence-corrected chi connectivity index (χ1v) is 8.40. The molecule has 1 unspecified atom stereocenters. The second-order valence-corrected chi connectivity index (χ2v) is 5.85. The molecule has 0 spiro atoms. The van der Waals surface area contributed by atoms with Gasteiger partial charge in [0.2, 0.25) is 0 Å². The summed E-state index contributed by atoms with van der Waals surface area (Å²) in [6, 6.07) is 4.91. The van der Waals surface area contributed by atoms with Crippen LogP contribution in [0.3, 0.4) is 0 Å². The fourth-order valence-corrected chi connectivity index (χ4v) is 2.38. The minimum absolute atomic E-state index is 0. The molecule has 1 aromatic carbocycles. The van der Waals surface area contributed by atoms with Gasteiger partial charge in [-0.2, -0.15) is 0 Å². The first-order valence-electron chi connectivity index (χ1n) is 8.40. The number of nitrogens with one attached hydrogen (secondary N) is 2. The number of ether oxygens (including phenoxy) is 2. The van der Waals surface area contributed by atoms with Gasteiger partial charge in [-0.1, -0.05) is 19.9 Å². The van der Waals surface area contributed by atoms with Crippen LogP contribution in [0, 0.1) is 11.7 Å². The van der Waals surface area contributed by atoms with Gasteiger partial charge in [0, 0.05) is 26.7 Å². The molecule has 0 aliphatic carbocycles. The molecule has 5 nitrogen and oxygen atoms in total. The van der Waals surface area contributed by atoms with Gasteiger partial charge in [0.25, 0.3) is 0 Å².